The van der Waals surface area contributed by atoms with Gasteiger partial charge in [-0.3, -0.25) is 0 Å². The first-order valence-electron chi connectivity index (χ1n) is 6.84. The van der Waals surface area contributed by atoms with E-state index < -0.39 is 0 Å². The van der Waals surface area contributed by atoms with E-state index in [1.165, 1.54) is 11.1 Å². The normalized spacial score (nSPS) is 17.6. The molecule has 19 heavy (non-hydrogen) atoms. The van der Waals surface area contributed by atoms with Crippen LogP contribution in [0.15, 0.2) is 42.5 Å². The Morgan fingerprint density at radius 2 is 2.05 bits per heavy atom. The molecule has 0 saturated carbocycles. The molecule has 1 aliphatic rings. The predicted molar refractivity (Wildman–Crippen MR) is 75.6 cm³/mol. The molecule has 2 nitrogen and oxygen atoms in total. The van der Waals surface area contributed by atoms with Crippen molar-refractivity contribution in [3.8, 4) is 11.5 Å². The summed E-state index contributed by atoms with van der Waals surface area (Å²) in [6.07, 6.45) is 3.08. The lowest BCUT2D eigenvalue weighted by Crippen LogP contribution is -2.16. The molecule has 0 saturated heterocycles. The number of phenolic OH excluding ortho intramolecular Hbond substituents is 1. The van der Waals surface area contributed by atoms with Crippen LogP contribution in [-0.2, 0) is 12.8 Å². The lowest BCUT2D eigenvalue weighted by Gasteiger charge is -2.27. The summed E-state index contributed by atoms with van der Waals surface area (Å²) in [6, 6.07) is 13.8. The van der Waals surface area contributed by atoms with Crippen LogP contribution in [0.2, 0.25) is 0 Å². The molecule has 0 fully saturated rings. The maximum atomic E-state index is 9.50. The van der Waals surface area contributed by atoms with Crippen LogP contribution in [0.3, 0.4) is 0 Å². The Hall–Kier alpha value is -1.96. The van der Waals surface area contributed by atoms with Gasteiger partial charge in [0.15, 0.2) is 0 Å². The van der Waals surface area contributed by atoms with E-state index in [0.717, 1.165) is 30.6 Å². The molecule has 2 heteroatoms. The van der Waals surface area contributed by atoms with Gasteiger partial charge in [-0.15, -0.1) is 0 Å². The average Bonchev–Trinajstić information content (AvgIpc) is 2.46. The Labute approximate surface area is 113 Å². The standard InChI is InChI=1S/C17H18O2/c1-2-12-5-3-4-6-15(12)17-9-7-13-11-14(18)8-10-16(13)19-17/h3-6,8,10-11,17-18H,2,7,9H2,1H3/t17-/m1/s1. The van der Waals surface area contributed by atoms with Gasteiger partial charge in [-0.1, -0.05) is 31.2 Å². The van der Waals surface area contributed by atoms with Crippen LogP contribution in [0.25, 0.3) is 0 Å². The van der Waals surface area contributed by atoms with Crippen molar-refractivity contribution < 1.29 is 9.84 Å². The molecule has 1 aliphatic heterocycles. The third kappa shape index (κ3) is 2.30. The second-order valence-corrected chi connectivity index (χ2v) is 4.99. The van der Waals surface area contributed by atoms with E-state index >= 15 is 0 Å². The van der Waals surface area contributed by atoms with Crippen molar-refractivity contribution in [2.45, 2.75) is 32.3 Å². The number of phenols is 1. The van der Waals surface area contributed by atoms with Crippen LogP contribution in [0.4, 0.5) is 0 Å². The van der Waals surface area contributed by atoms with Gasteiger partial charge < -0.3 is 9.84 Å². The number of ether oxygens (including phenoxy) is 1. The minimum atomic E-state index is 0.133. The minimum absolute atomic E-state index is 0.133. The van der Waals surface area contributed by atoms with E-state index in [4.69, 9.17) is 4.74 Å². The van der Waals surface area contributed by atoms with E-state index in [9.17, 15) is 5.11 Å². The monoisotopic (exact) mass is 254 g/mol. The molecular weight excluding hydrogens is 236 g/mol. The third-order valence-electron chi connectivity index (χ3n) is 3.77. The summed E-state index contributed by atoms with van der Waals surface area (Å²) in [5.41, 5.74) is 3.75. The molecule has 0 unspecified atom stereocenters. The van der Waals surface area contributed by atoms with Crippen molar-refractivity contribution in [2.24, 2.45) is 0 Å². The predicted octanol–water partition coefficient (Wildman–Crippen LogP) is 4.02. The van der Waals surface area contributed by atoms with Gasteiger partial charge in [0.1, 0.15) is 17.6 Å². The van der Waals surface area contributed by atoms with Crippen molar-refractivity contribution >= 4 is 0 Å². The smallest absolute Gasteiger partial charge is 0.124 e. The zero-order chi connectivity index (χ0) is 13.2. The Bertz CT molecular complexity index is 590. The van der Waals surface area contributed by atoms with Gasteiger partial charge >= 0.3 is 0 Å². The number of hydrogen-bond acceptors (Lipinski definition) is 2. The molecule has 3 rings (SSSR count). The van der Waals surface area contributed by atoms with Crippen molar-refractivity contribution in [2.75, 3.05) is 0 Å². The maximum Gasteiger partial charge on any atom is 0.124 e. The van der Waals surface area contributed by atoms with Crippen molar-refractivity contribution in [3.05, 3.63) is 59.2 Å². The summed E-state index contributed by atoms with van der Waals surface area (Å²) >= 11 is 0. The number of hydrogen-bond donors (Lipinski definition) is 1. The summed E-state index contributed by atoms with van der Waals surface area (Å²) in [6.45, 7) is 2.17. The molecule has 1 atom stereocenters. The molecule has 2 aromatic rings. The van der Waals surface area contributed by atoms with Crippen LogP contribution >= 0.6 is 0 Å². The fraction of sp³-hybridized carbons (Fsp3) is 0.294. The Kier molecular flexibility index (Phi) is 3.16. The molecule has 1 heterocycles. The van der Waals surface area contributed by atoms with Crippen molar-refractivity contribution in [3.63, 3.8) is 0 Å². The van der Waals surface area contributed by atoms with E-state index in [-0.39, 0.29) is 6.10 Å². The first-order valence-corrected chi connectivity index (χ1v) is 6.84. The number of benzene rings is 2. The molecule has 0 radical (unpaired) electrons. The lowest BCUT2D eigenvalue weighted by atomic mass is 9.93. The molecule has 98 valence electrons. The van der Waals surface area contributed by atoms with Crippen LogP contribution in [0.1, 0.15) is 36.1 Å². The second kappa shape index (κ2) is 4.96. The van der Waals surface area contributed by atoms with Gasteiger partial charge in [0.05, 0.1) is 0 Å². The topological polar surface area (TPSA) is 29.5 Å². The quantitative estimate of drug-likeness (QED) is 0.877. The molecule has 1 N–H and O–H groups in total. The molecule has 2 aromatic carbocycles. The second-order valence-electron chi connectivity index (χ2n) is 4.99. The van der Waals surface area contributed by atoms with Gasteiger partial charge in [-0.2, -0.15) is 0 Å². The number of fused-ring (bicyclic) bond motifs is 1. The number of aryl methyl sites for hydroxylation is 2. The number of rotatable bonds is 2. The van der Waals surface area contributed by atoms with E-state index in [1.807, 2.05) is 6.07 Å². The molecule has 0 amide bonds. The average molecular weight is 254 g/mol. The van der Waals surface area contributed by atoms with Gasteiger partial charge in [0.25, 0.3) is 0 Å². The fourth-order valence-corrected chi connectivity index (χ4v) is 2.76. The van der Waals surface area contributed by atoms with E-state index in [2.05, 4.69) is 31.2 Å². The van der Waals surface area contributed by atoms with Crippen LogP contribution < -0.4 is 4.74 Å². The van der Waals surface area contributed by atoms with Gasteiger partial charge in [-0.05, 0) is 54.2 Å². The molecule has 0 aliphatic carbocycles. The van der Waals surface area contributed by atoms with Crippen molar-refractivity contribution in [1.82, 2.24) is 0 Å². The zero-order valence-electron chi connectivity index (χ0n) is 11.1. The Morgan fingerprint density at radius 1 is 1.21 bits per heavy atom. The third-order valence-corrected chi connectivity index (χ3v) is 3.77. The van der Waals surface area contributed by atoms with E-state index in [0.29, 0.717) is 5.75 Å². The molecule has 0 spiro atoms. The minimum Gasteiger partial charge on any atom is -0.508 e. The maximum absolute atomic E-state index is 9.50. The van der Waals surface area contributed by atoms with Gasteiger partial charge in [0.2, 0.25) is 0 Å². The number of aromatic hydroxyl groups is 1. The summed E-state index contributed by atoms with van der Waals surface area (Å²) in [5, 5.41) is 9.50. The summed E-state index contributed by atoms with van der Waals surface area (Å²) < 4.78 is 6.10. The first-order chi connectivity index (χ1) is 9.28. The lowest BCUT2D eigenvalue weighted by molar-refractivity contribution is 0.175. The van der Waals surface area contributed by atoms with Gasteiger partial charge in [-0.25, -0.2) is 0 Å². The highest BCUT2D eigenvalue weighted by molar-refractivity contribution is 5.42. The van der Waals surface area contributed by atoms with E-state index in [1.54, 1.807) is 12.1 Å². The summed E-state index contributed by atoms with van der Waals surface area (Å²) in [5.74, 6) is 1.22. The SMILES string of the molecule is CCc1ccccc1[C@H]1CCc2cc(O)ccc2O1. The Morgan fingerprint density at radius 3 is 2.89 bits per heavy atom. The zero-order valence-corrected chi connectivity index (χ0v) is 11.1. The summed E-state index contributed by atoms with van der Waals surface area (Å²) in [4.78, 5) is 0. The highest BCUT2D eigenvalue weighted by Crippen LogP contribution is 2.37. The fourth-order valence-electron chi connectivity index (χ4n) is 2.76. The molecule has 0 aromatic heterocycles. The van der Waals surface area contributed by atoms with Crippen LogP contribution in [0, 0.1) is 0 Å². The van der Waals surface area contributed by atoms with Crippen LogP contribution in [-0.4, -0.2) is 5.11 Å². The summed E-state index contributed by atoms with van der Waals surface area (Å²) in [7, 11) is 0. The van der Waals surface area contributed by atoms with Gasteiger partial charge in [0, 0.05) is 0 Å². The van der Waals surface area contributed by atoms with Crippen LogP contribution in [0.5, 0.6) is 11.5 Å². The molecule has 0 bridgehead atoms. The van der Waals surface area contributed by atoms with Crippen molar-refractivity contribution in [1.29, 1.82) is 0 Å². The first kappa shape index (κ1) is 12.1. The highest BCUT2D eigenvalue weighted by Gasteiger charge is 2.22. The highest BCUT2D eigenvalue weighted by atomic mass is 16.5. The largest absolute Gasteiger partial charge is 0.508 e. The Balaban J connectivity index is 1.91. The molecular formula is C17H18O2.